The number of nitrogens with two attached hydrogens (primary N) is 1. The summed E-state index contributed by atoms with van der Waals surface area (Å²) in [7, 11) is 0. The first-order chi connectivity index (χ1) is 8.20. The molecule has 2 rings (SSSR count). The smallest absolute Gasteiger partial charge is 0.198 e. The predicted molar refractivity (Wildman–Crippen MR) is 60.8 cm³/mol. The molecule has 0 aliphatic heterocycles. The molecular weight excluding hydrogens is 224 g/mol. The molecule has 0 atom stereocenters. The molecule has 0 fully saturated rings. The largest absolute Gasteiger partial charge is 0.451 e. The molecule has 0 saturated heterocycles. The van der Waals surface area contributed by atoms with Crippen molar-refractivity contribution in [3.8, 4) is 11.5 Å². The SMILES string of the molecule is NCc1cc(F)c(Oc2ccccc2)c(F)c1. The van der Waals surface area contributed by atoms with Gasteiger partial charge in [-0.2, -0.15) is 0 Å². The highest BCUT2D eigenvalue weighted by molar-refractivity contribution is 5.35. The van der Waals surface area contributed by atoms with Crippen molar-refractivity contribution in [1.29, 1.82) is 0 Å². The summed E-state index contributed by atoms with van der Waals surface area (Å²) in [5, 5.41) is 0. The van der Waals surface area contributed by atoms with Gasteiger partial charge >= 0.3 is 0 Å². The van der Waals surface area contributed by atoms with Crippen molar-refractivity contribution in [2.24, 2.45) is 5.73 Å². The van der Waals surface area contributed by atoms with Crippen LogP contribution in [0.3, 0.4) is 0 Å². The average Bonchev–Trinajstić information content (AvgIpc) is 2.35. The van der Waals surface area contributed by atoms with Crippen molar-refractivity contribution in [2.75, 3.05) is 0 Å². The lowest BCUT2D eigenvalue weighted by Gasteiger charge is -2.09. The summed E-state index contributed by atoms with van der Waals surface area (Å²) in [5.41, 5.74) is 5.71. The van der Waals surface area contributed by atoms with Gasteiger partial charge in [0.05, 0.1) is 0 Å². The molecule has 0 saturated carbocycles. The molecule has 17 heavy (non-hydrogen) atoms. The Morgan fingerprint density at radius 2 is 1.59 bits per heavy atom. The third-order valence-corrected chi connectivity index (χ3v) is 2.26. The van der Waals surface area contributed by atoms with E-state index in [-0.39, 0.29) is 6.54 Å². The monoisotopic (exact) mass is 235 g/mol. The van der Waals surface area contributed by atoms with E-state index >= 15 is 0 Å². The Labute approximate surface area is 97.6 Å². The number of para-hydroxylation sites is 1. The molecule has 2 aromatic rings. The Balaban J connectivity index is 2.33. The maximum absolute atomic E-state index is 13.6. The normalized spacial score (nSPS) is 10.3. The highest BCUT2D eigenvalue weighted by atomic mass is 19.1. The van der Waals surface area contributed by atoms with E-state index in [1.165, 1.54) is 12.1 Å². The second kappa shape index (κ2) is 4.93. The fourth-order valence-corrected chi connectivity index (χ4v) is 1.43. The van der Waals surface area contributed by atoms with Gasteiger partial charge in [0.2, 0.25) is 0 Å². The van der Waals surface area contributed by atoms with Crippen LogP contribution < -0.4 is 10.5 Å². The minimum absolute atomic E-state index is 0.0828. The lowest BCUT2D eigenvalue weighted by Crippen LogP contribution is -2.00. The third-order valence-electron chi connectivity index (χ3n) is 2.26. The van der Waals surface area contributed by atoms with Gasteiger partial charge in [-0.05, 0) is 29.8 Å². The first-order valence-electron chi connectivity index (χ1n) is 5.11. The van der Waals surface area contributed by atoms with Gasteiger partial charge in [-0.15, -0.1) is 0 Å². The number of benzene rings is 2. The molecule has 0 spiro atoms. The lowest BCUT2D eigenvalue weighted by molar-refractivity contribution is 0.406. The summed E-state index contributed by atoms with van der Waals surface area (Å²) in [6, 6.07) is 10.8. The maximum atomic E-state index is 13.6. The zero-order valence-corrected chi connectivity index (χ0v) is 8.99. The van der Waals surface area contributed by atoms with Crippen LogP contribution in [0.1, 0.15) is 5.56 Å². The van der Waals surface area contributed by atoms with Crippen molar-refractivity contribution in [3.05, 3.63) is 59.7 Å². The van der Waals surface area contributed by atoms with E-state index in [9.17, 15) is 8.78 Å². The number of hydrogen-bond acceptors (Lipinski definition) is 2. The summed E-state index contributed by atoms with van der Waals surface area (Å²) in [4.78, 5) is 0. The van der Waals surface area contributed by atoms with E-state index in [1.54, 1.807) is 30.3 Å². The van der Waals surface area contributed by atoms with Gasteiger partial charge in [0.25, 0.3) is 0 Å². The molecule has 0 amide bonds. The molecule has 0 unspecified atom stereocenters. The Bertz CT molecular complexity index is 491. The quantitative estimate of drug-likeness (QED) is 0.886. The fraction of sp³-hybridized carbons (Fsp3) is 0.0769. The number of rotatable bonds is 3. The molecule has 0 aliphatic carbocycles. The maximum Gasteiger partial charge on any atom is 0.198 e. The predicted octanol–water partition coefficient (Wildman–Crippen LogP) is 3.22. The molecule has 2 aromatic carbocycles. The van der Waals surface area contributed by atoms with Gasteiger partial charge in [0, 0.05) is 6.54 Å². The van der Waals surface area contributed by atoms with Crippen LogP contribution in [0.5, 0.6) is 11.5 Å². The minimum Gasteiger partial charge on any atom is -0.451 e. The summed E-state index contributed by atoms with van der Waals surface area (Å²) in [6.07, 6.45) is 0. The van der Waals surface area contributed by atoms with E-state index in [4.69, 9.17) is 10.5 Å². The number of ether oxygens (including phenoxy) is 1. The Morgan fingerprint density at radius 1 is 1.00 bits per heavy atom. The first kappa shape index (κ1) is 11.5. The van der Waals surface area contributed by atoms with Crippen LogP contribution in [0.15, 0.2) is 42.5 Å². The standard InChI is InChI=1S/C13H11F2NO/c14-11-6-9(8-16)7-12(15)13(11)17-10-4-2-1-3-5-10/h1-7H,8,16H2. The first-order valence-corrected chi connectivity index (χ1v) is 5.11. The van der Waals surface area contributed by atoms with Crippen molar-refractivity contribution in [1.82, 2.24) is 0 Å². The van der Waals surface area contributed by atoms with Crippen LogP contribution in [-0.2, 0) is 6.54 Å². The van der Waals surface area contributed by atoms with Gasteiger partial charge in [-0.3, -0.25) is 0 Å². The lowest BCUT2D eigenvalue weighted by atomic mass is 10.2. The van der Waals surface area contributed by atoms with Crippen LogP contribution in [0.2, 0.25) is 0 Å². The Hall–Kier alpha value is -1.94. The van der Waals surface area contributed by atoms with Gasteiger partial charge in [0.1, 0.15) is 5.75 Å². The molecule has 2 nitrogen and oxygen atoms in total. The van der Waals surface area contributed by atoms with E-state index < -0.39 is 17.4 Å². The molecular formula is C13H11F2NO. The molecule has 0 aromatic heterocycles. The zero-order valence-electron chi connectivity index (χ0n) is 8.99. The number of hydrogen-bond donors (Lipinski definition) is 1. The topological polar surface area (TPSA) is 35.2 Å². The zero-order chi connectivity index (χ0) is 12.3. The van der Waals surface area contributed by atoms with Gasteiger partial charge in [-0.25, -0.2) is 8.78 Å². The summed E-state index contributed by atoms with van der Waals surface area (Å²) >= 11 is 0. The highest BCUT2D eigenvalue weighted by Gasteiger charge is 2.12. The van der Waals surface area contributed by atoms with Crippen LogP contribution in [0.4, 0.5) is 8.78 Å². The van der Waals surface area contributed by atoms with Crippen LogP contribution in [0, 0.1) is 11.6 Å². The second-order valence-electron chi connectivity index (χ2n) is 3.51. The second-order valence-corrected chi connectivity index (χ2v) is 3.51. The van der Waals surface area contributed by atoms with Gasteiger partial charge < -0.3 is 10.5 Å². The highest BCUT2D eigenvalue weighted by Crippen LogP contribution is 2.28. The summed E-state index contributed by atoms with van der Waals surface area (Å²) < 4.78 is 32.3. The average molecular weight is 235 g/mol. The summed E-state index contributed by atoms with van der Waals surface area (Å²) in [6.45, 7) is 0.0828. The van der Waals surface area contributed by atoms with E-state index in [0.29, 0.717) is 11.3 Å². The molecule has 4 heteroatoms. The molecule has 0 heterocycles. The Kier molecular flexibility index (Phi) is 3.35. The van der Waals surface area contributed by atoms with E-state index in [0.717, 1.165) is 0 Å². The van der Waals surface area contributed by atoms with Crippen molar-refractivity contribution in [2.45, 2.75) is 6.54 Å². The molecule has 2 N–H and O–H groups in total. The van der Waals surface area contributed by atoms with Crippen LogP contribution in [0.25, 0.3) is 0 Å². The van der Waals surface area contributed by atoms with Gasteiger partial charge in [-0.1, -0.05) is 18.2 Å². The molecule has 0 aliphatic rings. The van der Waals surface area contributed by atoms with Crippen molar-refractivity contribution >= 4 is 0 Å². The minimum atomic E-state index is -0.755. The molecule has 0 bridgehead atoms. The van der Waals surface area contributed by atoms with E-state index in [2.05, 4.69) is 0 Å². The van der Waals surface area contributed by atoms with Crippen molar-refractivity contribution in [3.63, 3.8) is 0 Å². The third kappa shape index (κ3) is 2.60. The van der Waals surface area contributed by atoms with Crippen LogP contribution in [-0.4, -0.2) is 0 Å². The molecule has 88 valence electrons. The fourth-order valence-electron chi connectivity index (χ4n) is 1.43. The van der Waals surface area contributed by atoms with E-state index in [1.807, 2.05) is 0 Å². The van der Waals surface area contributed by atoms with Crippen molar-refractivity contribution < 1.29 is 13.5 Å². The number of halogens is 2. The summed E-state index contributed by atoms with van der Waals surface area (Å²) in [5.74, 6) is -1.54. The Morgan fingerprint density at radius 3 is 2.12 bits per heavy atom. The van der Waals surface area contributed by atoms with Gasteiger partial charge in [0.15, 0.2) is 17.4 Å². The van der Waals surface area contributed by atoms with Crippen LogP contribution >= 0.6 is 0 Å². The molecule has 0 radical (unpaired) electrons.